The highest BCUT2D eigenvalue weighted by Gasteiger charge is 2.65. The van der Waals surface area contributed by atoms with E-state index < -0.39 is 22.7 Å². The number of amides is 1. The van der Waals surface area contributed by atoms with E-state index in [-0.39, 0.29) is 28.7 Å². The van der Waals surface area contributed by atoms with Crippen LogP contribution in [0.5, 0.6) is 0 Å². The number of carbonyl (C=O) groups excluding carboxylic acids is 1. The molecule has 6 rings (SSSR count). The van der Waals surface area contributed by atoms with Gasteiger partial charge in [0.1, 0.15) is 17.2 Å². The van der Waals surface area contributed by atoms with Crippen molar-refractivity contribution in [3.63, 3.8) is 0 Å². The van der Waals surface area contributed by atoms with Crippen molar-refractivity contribution in [1.82, 2.24) is 25.1 Å². The van der Waals surface area contributed by atoms with Crippen LogP contribution in [-0.2, 0) is 10.2 Å². The Labute approximate surface area is 232 Å². The number of nitrogens with zero attached hydrogens (tertiary/aromatic N) is 5. The van der Waals surface area contributed by atoms with Crippen LogP contribution in [0.1, 0.15) is 82.6 Å². The molecule has 0 N–H and O–H groups in total. The van der Waals surface area contributed by atoms with Crippen molar-refractivity contribution in [3.8, 4) is 11.3 Å². The number of benzene rings is 1. The van der Waals surface area contributed by atoms with E-state index in [0.717, 1.165) is 35.4 Å². The zero-order valence-electron chi connectivity index (χ0n) is 23.5. The van der Waals surface area contributed by atoms with Gasteiger partial charge in [0.05, 0.1) is 28.1 Å². The number of aromatic nitrogens is 4. The van der Waals surface area contributed by atoms with Gasteiger partial charge in [0, 0.05) is 19.3 Å². The van der Waals surface area contributed by atoms with Crippen LogP contribution in [0, 0.1) is 17.0 Å². The van der Waals surface area contributed by atoms with Gasteiger partial charge in [-0.2, -0.15) is 5.10 Å². The summed E-state index contributed by atoms with van der Waals surface area (Å²) in [5.74, 6) is -0.515. The Kier molecular flexibility index (Phi) is 6.05. The molecule has 1 saturated carbocycles. The first kappa shape index (κ1) is 26.5. The quantitative estimate of drug-likeness (QED) is 0.377. The van der Waals surface area contributed by atoms with Crippen LogP contribution in [0.15, 0.2) is 42.6 Å². The maximum atomic E-state index is 14.6. The summed E-state index contributed by atoms with van der Waals surface area (Å²) in [7, 11) is 0. The van der Waals surface area contributed by atoms with Crippen LogP contribution in [0.25, 0.3) is 16.8 Å². The van der Waals surface area contributed by atoms with Crippen LogP contribution in [0.2, 0.25) is 0 Å². The molecule has 2 aromatic heterocycles. The maximum Gasteiger partial charge on any atom is 0.410 e. The van der Waals surface area contributed by atoms with Crippen molar-refractivity contribution in [1.29, 1.82) is 0 Å². The SMILES string of the molecule is CC(C)(C)OC(=O)N1CC=C(c2nccc([C@]34CC[C@@H](c5cc(-c6c(F)cccc6F)nnc53)C4(C)C)n2)CC1. The van der Waals surface area contributed by atoms with E-state index in [1.807, 2.05) is 39.0 Å². The molecule has 3 aromatic rings. The summed E-state index contributed by atoms with van der Waals surface area (Å²) in [6.45, 7) is 11.0. The minimum Gasteiger partial charge on any atom is -0.444 e. The van der Waals surface area contributed by atoms with E-state index >= 15 is 0 Å². The lowest BCUT2D eigenvalue weighted by Crippen LogP contribution is -2.39. The third-order valence-electron chi connectivity index (χ3n) is 8.84. The molecule has 2 bridgehead atoms. The highest BCUT2D eigenvalue weighted by atomic mass is 19.1. The number of ether oxygens (including phenoxy) is 1. The molecule has 208 valence electrons. The van der Waals surface area contributed by atoms with E-state index in [1.54, 1.807) is 11.1 Å². The fourth-order valence-electron chi connectivity index (χ4n) is 6.87. The fraction of sp³-hybridized carbons (Fsp3) is 0.452. The van der Waals surface area contributed by atoms with E-state index in [9.17, 15) is 13.6 Å². The third kappa shape index (κ3) is 4.00. The number of rotatable bonds is 3. The van der Waals surface area contributed by atoms with Crippen LogP contribution < -0.4 is 0 Å². The minimum atomic E-state index is -0.655. The molecule has 0 unspecified atom stereocenters. The third-order valence-corrected chi connectivity index (χ3v) is 8.84. The van der Waals surface area contributed by atoms with Gasteiger partial charge in [-0.3, -0.25) is 0 Å². The molecular weight excluding hydrogens is 512 g/mol. The summed E-state index contributed by atoms with van der Waals surface area (Å²) >= 11 is 0. The normalized spacial score (nSPS) is 23.1. The highest BCUT2D eigenvalue weighted by Crippen LogP contribution is 2.69. The summed E-state index contributed by atoms with van der Waals surface area (Å²) in [5.41, 5.74) is 2.44. The molecule has 1 fully saturated rings. The first-order valence-corrected chi connectivity index (χ1v) is 13.8. The molecule has 7 nitrogen and oxygen atoms in total. The second-order valence-corrected chi connectivity index (χ2v) is 12.5. The highest BCUT2D eigenvalue weighted by molar-refractivity contribution is 5.71. The molecule has 9 heteroatoms. The van der Waals surface area contributed by atoms with Gasteiger partial charge < -0.3 is 9.64 Å². The van der Waals surface area contributed by atoms with Gasteiger partial charge in [0.2, 0.25) is 0 Å². The van der Waals surface area contributed by atoms with Crippen LogP contribution in [0.3, 0.4) is 0 Å². The largest absolute Gasteiger partial charge is 0.444 e. The van der Waals surface area contributed by atoms with Gasteiger partial charge in [0.25, 0.3) is 0 Å². The van der Waals surface area contributed by atoms with Crippen molar-refractivity contribution in [2.24, 2.45) is 5.41 Å². The predicted octanol–water partition coefficient (Wildman–Crippen LogP) is 6.44. The van der Waals surface area contributed by atoms with Crippen molar-refractivity contribution < 1.29 is 18.3 Å². The smallest absolute Gasteiger partial charge is 0.410 e. The van der Waals surface area contributed by atoms with Crippen molar-refractivity contribution in [3.05, 3.63) is 77.0 Å². The Balaban J connectivity index is 1.35. The molecule has 2 aliphatic carbocycles. The molecular formula is C31H33F2N5O2. The predicted molar refractivity (Wildman–Crippen MR) is 146 cm³/mol. The number of fused-ring (bicyclic) bond motifs is 5. The summed E-state index contributed by atoms with van der Waals surface area (Å²) in [6, 6.07) is 7.58. The fourth-order valence-corrected chi connectivity index (χ4v) is 6.87. The molecule has 1 aromatic carbocycles. The van der Waals surface area contributed by atoms with E-state index in [1.165, 1.54) is 18.2 Å². The zero-order valence-corrected chi connectivity index (χ0v) is 23.5. The van der Waals surface area contributed by atoms with Gasteiger partial charge >= 0.3 is 6.09 Å². The van der Waals surface area contributed by atoms with E-state index in [2.05, 4.69) is 29.0 Å². The molecule has 40 heavy (non-hydrogen) atoms. The average molecular weight is 546 g/mol. The van der Waals surface area contributed by atoms with Crippen molar-refractivity contribution >= 4 is 11.7 Å². The summed E-state index contributed by atoms with van der Waals surface area (Å²) in [4.78, 5) is 23.8. The standard InChI is InChI=1S/C31H33F2N5O2/c1-29(2,3)40-28(39)38-15-11-18(12-16-38)27-34-14-10-24(35-27)31-13-9-20(30(31,4)5)19-17-23(36-37-26(19)31)25-21(32)7-6-8-22(25)33/h6-8,10-11,14,17,20H,9,12-13,15-16H2,1-5H3/t20-,31+/m0/s1. The monoisotopic (exact) mass is 545 g/mol. The Morgan fingerprint density at radius 2 is 1.88 bits per heavy atom. The van der Waals surface area contributed by atoms with Crippen LogP contribution in [0.4, 0.5) is 13.6 Å². The Morgan fingerprint density at radius 1 is 1.12 bits per heavy atom. The number of hydrogen-bond acceptors (Lipinski definition) is 6. The zero-order chi connectivity index (χ0) is 28.4. The topological polar surface area (TPSA) is 81.1 Å². The first-order chi connectivity index (χ1) is 18.9. The van der Waals surface area contributed by atoms with Gasteiger partial charge in [-0.15, -0.1) is 5.10 Å². The van der Waals surface area contributed by atoms with Crippen LogP contribution in [-0.4, -0.2) is 49.8 Å². The van der Waals surface area contributed by atoms with Gasteiger partial charge in [-0.25, -0.2) is 23.5 Å². The summed E-state index contributed by atoms with van der Waals surface area (Å²) < 4.78 is 34.7. The Morgan fingerprint density at radius 3 is 2.55 bits per heavy atom. The first-order valence-electron chi connectivity index (χ1n) is 13.8. The molecule has 3 heterocycles. The lowest BCUT2D eigenvalue weighted by molar-refractivity contribution is 0.0270. The molecule has 2 atom stereocenters. The van der Waals surface area contributed by atoms with Crippen molar-refractivity contribution in [2.45, 2.75) is 70.8 Å². The lowest BCUT2D eigenvalue weighted by Gasteiger charge is -2.37. The molecule has 1 aliphatic heterocycles. The molecule has 0 spiro atoms. The summed E-state index contributed by atoms with van der Waals surface area (Å²) in [6.07, 6.45) is 5.83. The summed E-state index contributed by atoms with van der Waals surface area (Å²) in [5, 5.41) is 8.95. The lowest BCUT2D eigenvalue weighted by atomic mass is 9.66. The number of halogens is 2. The van der Waals surface area contributed by atoms with Gasteiger partial charge in [-0.1, -0.05) is 26.0 Å². The Hall–Kier alpha value is -3.75. The molecule has 0 saturated heterocycles. The number of carbonyl (C=O) groups is 1. The molecule has 3 aliphatic rings. The molecule has 1 amide bonds. The van der Waals surface area contributed by atoms with E-state index in [4.69, 9.17) is 9.72 Å². The van der Waals surface area contributed by atoms with Crippen molar-refractivity contribution in [2.75, 3.05) is 13.1 Å². The second-order valence-electron chi connectivity index (χ2n) is 12.5. The second kappa shape index (κ2) is 9.14. The van der Waals surface area contributed by atoms with Gasteiger partial charge in [0.15, 0.2) is 5.82 Å². The molecule has 0 radical (unpaired) electrons. The maximum absolute atomic E-state index is 14.6. The van der Waals surface area contributed by atoms with Crippen LogP contribution >= 0.6 is 0 Å². The number of hydrogen-bond donors (Lipinski definition) is 0. The van der Waals surface area contributed by atoms with Gasteiger partial charge in [-0.05, 0) is 86.8 Å². The average Bonchev–Trinajstić information content (AvgIpc) is 3.29. The minimum absolute atomic E-state index is 0.151. The van der Waals surface area contributed by atoms with E-state index in [0.29, 0.717) is 25.3 Å². The Bertz CT molecular complexity index is 1530.